The van der Waals surface area contributed by atoms with Gasteiger partial charge < -0.3 is 9.84 Å². The second kappa shape index (κ2) is 18.4. The first kappa shape index (κ1) is 19.3. The van der Waals surface area contributed by atoms with Crippen LogP contribution in [0.2, 0.25) is 0 Å². The summed E-state index contributed by atoms with van der Waals surface area (Å²) in [6, 6.07) is 0. The van der Waals surface area contributed by atoms with E-state index < -0.39 is 6.16 Å². The molecule has 0 atom stereocenters. The van der Waals surface area contributed by atoms with Gasteiger partial charge in [-0.1, -0.05) is 80.9 Å². The Morgan fingerprint density at radius 1 is 0.941 bits per heavy atom. The molecule has 4 heteroatoms. The normalized spacial score (nSPS) is 9.35. The largest absolute Gasteiger partial charge is 0.505 e. The van der Waals surface area contributed by atoms with E-state index >= 15 is 0 Å². The zero-order valence-corrected chi connectivity index (χ0v) is 13.4. The van der Waals surface area contributed by atoms with E-state index in [1.54, 1.807) is 0 Å². The lowest BCUT2D eigenvalue weighted by atomic mass is 10.1. The molecule has 1 N–H and O–H groups in total. The molecule has 0 aromatic rings. The Hall–Kier alpha value is 0. The number of carboxylic acid groups (broad SMARTS) is 1. The van der Waals surface area contributed by atoms with Gasteiger partial charge in [-0.25, -0.2) is 4.79 Å². The fourth-order valence-electron chi connectivity index (χ4n) is 1.57. The minimum absolute atomic E-state index is 0.352. The standard InChI is InChI=1S/C12H24O3.CH3I/c1-2-3-4-5-6-7-8-9-10-11-15-12(13)14;1-2/h2-11H2,1H3,(H,13,14);1H3. The molecule has 0 spiro atoms. The number of halogens is 1. The molecular weight excluding hydrogens is 331 g/mol. The number of rotatable bonds is 10. The van der Waals surface area contributed by atoms with Crippen molar-refractivity contribution in [2.75, 3.05) is 11.5 Å². The second-order valence-corrected chi connectivity index (χ2v) is 3.94. The molecule has 3 nitrogen and oxygen atoms in total. The van der Waals surface area contributed by atoms with Gasteiger partial charge in [-0.05, 0) is 11.4 Å². The van der Waals surface area contributed by atoms with Crippen molar-refractivity contribution in [1.29, 1.82) is 0 Å². The molecule has 0 bridgehead atoms. The predicted molar refractivity (Wildman–Crippen MR) is 81.1 cm³/mol. The molecule has 17 heavy (non-hydrogen) atoms. The number of unbranched alkanes of at least 4 members (excludes halogenated alkanes) is 8. The van der Waals surface area contributed by atoms with Crippen LogP contribution in [0, 0.1) is 0 Å². The highest BCUT2D eigenvalue weighted by Crippen LogP contribution is 2.09. The minimum atomic E-state index is -1.16. The van der Waals surface area contributed by atoms with Crippen molar-refractivity contribution in [3.63, 3.8) is 0 Å². The zero-order chi connectivity index (χ0) is 13.4. The van der Waals surface area contributed by atoms with Crippen LogP contribution >= 0.6 is 22.6 Å². The molecule has 0 heterocycles. The quantitative estimate of drug-likeness (QED) is 0.251. The highest BCUT2D eigenvalue weighted by molar-refractivity contribution is 14.1. The molecule has 0 saturated heterocycles. The van der Waals surface area contributed by atoms with Crippen molar-refractivity contribution in [3.05, 3.63) is 0 Å². The second-order valence-electron chi connectivity index (χ2n) is 3.94. The lowest BCUT2D eigenvalue weighted by molar-refractivity contribution is 0.0899. The molecule has 0 aliphatic carbocycles. The summed E-state index contributed by atoms with van der Waals surface area (Å²) in [7, 11) is 0. The predicted octanol–water partition coefficient (Wildman–Crippen LogP) is 5.26. The molecule has 0 radical (unpaired) electrons. The van der Waals surface area contributed by atoms with Crippen LogP contribution in [-0.4, -0.2) is 22.8 Å². The van der Waals surface area contributed by atoms with Crippen molar-refractivity contribution >= 4 is 28.7 Å². The molecule has 0 unspecified atom stereocenters. The monoisotopic (exact) mass is 358 g/mol. The maximum atomic E-state index is 10.0. The van der Waals surface area contributed by atoms with E-state index in [-0.39, 0.29) is 0 Å². The average Bonchev–Trinajstić information content (AvgIpc) is 2.34. The lowest BCUT2D eigenvalue weighted by Gasteiger charge is -2.01. The third-order valence-electron chi connectivity index (χ3n) is 2.47. The summed E-state index contributed by atoms with van der Waals surface area (Å²) in [6.07, 6.45) is 9.94. The van der Waals surface area contributed by atoms with Crippen LogP contribution in [-0.2, 0) is 4.74 Å². The molecule has 0 rings (SSSR count). The van der Waals surface area contributed by atoms with Gasteiger partial charge in [0, 0.05) is 0 Å². The molecular formula is C13H27IO3. The maximum Gasteiger partial charge on any atom is 0.505 e. The number of carbonyl (C=O) groups is 1. The van der Waals surface area contributed by atoms with Gasteiger partial charge in [-0.3, -0.25) is 0 Å². The Kier molecular flexibility index (Phi) is 20.9. The summed E-state index contributed by atoms with van der Waals surface area (Å²) in [5.41, 5.74) is 0. The van der Waals surface area contributed by atoms with Crippen LogP contribution in [0.4, 0.5) is 4.79 Å². The molecule has 0 fully saturated rings. The molecule has 0 aliphatic heterocycles. The first-order valence-corrected chi connectivity index (χ1v) is 8.66. The first-order valence-electron chi connectivity index (χ1n) is 6.51. The molecule has 0 saturated carbocycles. The smallest absolute Gasteiger partial charge is 0.450 e. The van der Waals surface area contributed by atoms with E-state index in [0.717, 1.165) is 12.8 Å². The van der Waals surface area contributed by atoms with E-state index in [2.05, 4.69) is 34.3 Å². The summed E-state index contributed by atoms with van der Waals surface area (Å²) in [5.74, 6) is 0. The van der Waals surface area contributed by atoms with Gasteiger partial charge in [-0.15, -0.1) is 0 Å². The van der Waals surface area contributed by atoms with Crippen LogP contribution in [0.5, 0.6) is 0 Å². The van der Waals surface area contributed by atoms with Crippen LogP contribution in [0.25, 0.3) is 0 Å². The van der Waals surface area contributed by atoms with Crippen molar-refractivity contribution in [2.45, 2.75) is 64.7 Å². The average molecular weight is 358 g/mol. The summed E-state index contributed by atoms with van der Waals surface area (Å²) in [5, 5.41) is 8.21. The van der Waals surface area contributed by atoms with Crippen molar-refractivity contribution < 1.29 is 14.6 Å². The Balaban J connectivity index is 0. The van der Waals surface area contributed by atoms with Crippen molar-refractivity contribution in [2.24, 2.45) is 0 Å². The highest BCUT2D eigenvalue weighted by atomic mass is 127. The van der Waals surface area contributed by atoms with E-state index in [1.165, 1.54) is 44.9 Å². The molecule has 0 aromatic heterocycles. The van der Waals surface area contributed by atoms with Crippen LogP contribution < -0.4 is 0 Å². The summed E-state index contributed by atoms with van der Waals surface area (Å²) >= 11 is 2.15. The van der Waals surface area contributed by atoms with Gasteiger partial charge in [0.05, 0.1) is 6.61 Å². The summed E-state index contributed by atoms with van der Waals surface area (Å²) in [4.78, 5) is 12.0. The van der Waals surface area contributed by atoms with Crippen molar-refractivity contribution in [1.82, 2.24) is 0 Å². The number of alkyl halides is 1. The topological polar surface area (TPSA) is 46.5 Å². The minimum Gasteiger partial charge on any atom is -0.450 e. The Morgan fingerprint density at radius 2 is 1.35 bits per heavy atom. The van der Waals surface area contributed by atoms with Crippen LogP contribution in [0.3, 0.4) is 0 Å². The number of hydrogen-bond acceptors (Lipinski definition) is 2. The molecule has 0 aliphatic rings. The summed E-state index contributed by atoms with van der Waals surface area (Å²) in [6.45, 7) is 2.58. The van der Waals surface area contributed by atoms with Crippen LogP contribution in [0.1, 0.15) is 64.7 Å². The highest BCUT2D eigenvalue weighted by Gasteiger charge is 1.95. The van der Waals surface area contributed by atoms with E-state index in [0.29, 0.717) is 6.61 Å². The van der Waals surface area contributed by atoms with Gasteiger partial charge >= 0.3 is 6.16 Å². The Bertz CT molecular complexity index is 152. The number of ether oxygens (including phenoxy) is 1. The maximum absolute atomic E-state index is 10.0. The fourth-order valence-corrected chi connectivity index (χ4v) is 1.57. The fraction of sp³-hybridized carbons (Fsp3) is 0.923. The third kappa shape index (κ3) is 21.8. The Labute approximate surface area is 119 Å². The lowest BCUT2D eigenvalue weighted by Crippen LogP contribution is -2.01. The van der Waals surface area contributed by atoms with Crippen LogP contribution in [0.15, 0.2) is 0 Å². The zero-order valence-electron chi connectivity index (χ0n) is 11.2. The van der Waals surface area contributed by atoms with E-state index in [9.17, 15) is 4.79 Å². The third-order valence-corrected chi connectivity index (χ3v) is 2.47. The Morgan fingerprint density at radius 3 is 1.76 bits per heavy atom. The molecule has 0 aromatic carbocycles. The van der Waals surface area contributed by atoms with Crippen molar-refractivity contribution in [3.8, 4) is 0 Å². The summed E-state index contributed by atoms with van der Waals surface area (Å²) < 4.78 is 4.42. The van der Waals surface area contributed by atoms with E-state index in [1.807, 2.05) is 4.93 Å². The van der Waals surface area contributed by atoms with E-state index in [4.69, 9.17) is 5.11 Å². The van der Waals surface area contributed by atoms with Gasteiger partial charge in [0.2, 0.25) is 0 Å². The molecule has 104 valence electrons. The van der Waals surface area contributed by atoms with Gasteiger partial charge in [0.15, 0.2) is 0 Å². The number of hydrogen-bond donors (Lipinski definition) is 1. The van der Waals surface area contributed by atoms with Gasteiger partial charge in [-0.2, -0.15) is 0 Å². The van der Waals surface area contributed by atoms with Gasteiger partial charge in [0.25, 0.3) is 0 Å². The van der Waals surface area contributed by atoms with Gasteiger partial charge in [0.1, 0.15) is 0 Å². The SMILES string of the molecule is CCCCCCCCCCCOC(=O)O.CI. The molecule has 0 amide bonds. The first-order chi connectivity index (χ1) is 8.27.